The number of hydrogen-bond donors (Lipinski definition) is 1. The van der Waals surface area contributed by atoms with Gasteiger partial charge in [0.05, 0.1) is 4.90 Å². The Morgan fingerprint density at radius 3 is 2.53 bits per heavy atom. The van der Waals surface area contributed by atoms with Crippen molar-refractivity contribution in [2.24, 2.45) is 0 Å². The fourth-order valence-electron chi connectivity index (χ4n) is 1.58. The second kappa shape index (κ2) is 4.37. The van der Waals surface area contributed by atoms with Gasteiger partial charge in [-0.05, 0) is 28.6 Å². The molecular weight excluding hydrogens is 258 g/mol. The highest BCUT2D eigenvalue weighted by Gasteiger charge is 2.18. The maximum atomic E-state index is 11.2. The van der Waals surface area contributed by atoms with Crippen LogP contribution >= 0.6 is 11.8 Å². The number of hydrogen-bond acceptors (Lipinski definition) is 4. The molecule has 0 bridgehead atoms. The van der Waals surface area contributed by atoms with E-state index in [1.807, 2.05) is 17.5 Å². The third kappa shape index (κ3) is 2.26. The van der Waals surface area contributed by atoms with Gasteiger partial charge in [0.15, 0.2) is 0 Å². The summed E-state index contributed by atoms with van der Waals surface area (Å²) in [4.78, 5) is 0.0239. The molecule has 0 saturated heterocycles. The van der Waals surface area contributed by atoms with E-state index in [1.165, 1.54) is 6.07 Å². The fourth-order valence-corrected chi connectivity index (χ4v) is 3.16. The number of rotatable bonds is 2. The van der Waals surface area contributed by atoms with Crippen molar-refractivity contribution in [1.82, 2.24) is 0 Å². The lowest BCUT2D eigenvalue weighted by molar-refractivity contribution is 0.481. The molecule has 0 aliphatic carbocycles. The highest BCUT2D eigenvalue weighted by Crippen LogP contribution is 2.33. The van der Waals surface area contributed by atoms with Crippen LogP contribution in [-0.2, 0) is 10.1 Å². The molecule has 2 rings (SSSR count). The van der Waals surface area contributed by atoms with Crippen LogP contribution in [0.3, 0.4) is 0 Å². The maximum absolute atomic E-state index is 11.2. The van der Waals surface area contributed by atoms with Gasteiger partial charge in [-0.15, -0.1) is 0 Å². The summed E-state index contributed by atoms with van der Waals surface area (Å²) in [6, 6.07) is 9.99. The van der Waals surface area contributed by atoms with Crippen LogP contribution in [0, 0.1) is 10.7 Å². The molecular formula is C11H7NO3S2. The first-order chi connectivity index (χ1) is 8.04. The Morgan fingerprint density at radius 2 is 1.88 bits per heavy atom. The van der Waals surface area contributed by atoms with E-state index < -0.39 is 10.1 Å². The minimum absolute atomic E-state index is 0.234. The Labute approximate surface area is 103 Å². The highest BCUT2D eigenvalue weighted by molar-refractivity contribution is 8.04. The standard InChI is InChI=1S/C11H7NO3S2/c12-7-16-11-9-4-2-1-3-8(9)5-6-10(11)17(13,14)15/h1-6H,(H,13,14,15). The van der Waals surface area contributed by atoms with Crippen LogP contribution in [0.5, 0.6) is 0 Å². The van der Waals surface area contributed by atoms with Crippen molar-refractivity contribution in [3.8, 4) is 5.40 Å². The summed E-state index contributed by atoms with van der Waals surface area (Å²) in [5.41, 5.74) is 0. The zero-order chi connectivity index (χ0) is 12.5. The Balaban J connectivity index is 2.88. The SMILES string of the molecule is N#CSc1c(S(=O)(=O)O)ccc2ccccc12. The number of thioether (sulfide) groups is 1. The van der Waals surface area contributed by atoms with E-state index in [9.17, 15) is 8.42 Å². The third-order valence-corrected chi connectivity index (χ3v) is 4.03. The zero-order valence-electron chi connectivity index (χ0n) is 8.49. The lowest BCUT2D eigenvalue weighted by Crippen LogP contribution is -2.00. The van der Waals surface area contributed by atoms with E-state index in [0.29, 0.717) is 5.39 Å². The maximum Gasteiger partial charge on any atom is 0.295 e. The molecule has 2 aromatic carbocycles. The average Bonchev–Trinajstić information content (AvgIpc) is 2.28. The number of nitrogens with zero attached hydrogens (tertiary/aromatic N) is 1. The molecule has 0 aromatic heterocycles. The highest BCUT2D eigenvalue weighted by atomic mass is 32.2. The fraction of sp³-hybridized carbons (Fsp3) is 0. The molecule has 2 aromatic rings. The molecule has 0 spiro atoms. The van der Waals surface area contributed by atoms with Gasteiger partial charge in [0.2, 0.25) is 0 Å². The van der Waals surface area contributed by atoms with E-state index in [1.54, 1.807) is 18.2 Å². The molecule has 0 radical (unpaired) electrons. The number of thiocyanates is 1. The molecule has 4 nitrogen and oxygen atoms in total. The molecule has 0 aliphatic heterocycles. The summed E-state index contributed by atoms with van der Waals surface area (Å²) in [6.45, 7) is 0. The lowest BCUT2D eigenvalue weighted by atomic mass is 10.1. The molecule has 0 fully saturated rings. The van der Waals surface area contributed by atoms with E-state index in [2.05, 4.69) is 0 Å². The summed E-state index contributed by atoms with van der Waals surface area (Å²) < 4.78 is 31.5. The van der Waals surface area contributed by atoms with E-state index >= 15 is 0 Å². The normalized spacial score (nSPS) is 11.3. The van der Waals surface area contributed by atoms with Crippen molar-refractivity contribution in [3.63, 3.8) is 0 Å². The first-order valence-corrected chi connectivity index (χ1v) is 6.85. The van der Waals surface area contributed by atoms with E-state index in [-0.39, 0.29) is 9.79 Å². The van der Waals surface area contributed by atoms with Gasteiger partial charge in [0.25, 0.3) is 10.1 Å². The van der Waals surface area contributed by atoms with Gasteiger partial charge in [0.1, 0.15) is 10.3 Å². The van der Waals surface area contributed by atoms with Crippen molar-refractivity contribution in [3.05, 3.63) is 36.4 Å². The summed E-state index contributed by atoms with van der Waals surface area (Å²) >= 11 is 0.725. The second-order valence-corrected chi connectivity index (χ2v) is 5.47. The van der Waals surface area contributed by atoms with Gasteiger partial charge in [-0.2, -0.15) is 13.7 Å². The quantitative estimate of drug-likeness (QED) is 0.513. The number of nitriles is 1. The predicted octanol–water partition coefficient (Wildman–Crippen LogP) is 2.66. The molecule has 1 N–H and O–H groups in total. The van der Waals surface area contributed by atoms with E-state index in [0.717, 1.165) is 17.1 Å². The molecule has 0 aliphatic rings. The van der Waals surface area contributed by atoms with Gasteiger partial charge in [-0.3, -0.25) is 4.55 Å². The van der Waals surface area contributed by atoms with Crippen LogP contribution in [0.15, 0.2) is 46.2 Å². The smallest absolute Gasteiger partial charge is 0.282 e. The Morgan fingerprint density at radius 1 is 1.18 bits per heavy atom. The summed E-state index contributed by atoms with van der Waals surface area (Å²) in [5, 5.41) is 12.0. The van der Waals surface area contributed by atoms with Gasteiger partial charge in [-0.1, -0.05) is 30.3 Å². The molecule has 0 unspecified atom stereocenters. The summed E-state index contributed by atoms with van der Waals surface area (Å²) in [6.07, 6.45) is 0. The molecule has 0 amide bonds. The van der Waals surface area contributed by atoms with Crippen LogP contribution in [0.25, 0.3) is 10.8 Å². The second-order valence-electron chi connectivity index (χ2n) is 3.28. The minimum Gasteiger partial charge on any atom is -0.282 e. The summed E-state index contributed by atoms with van der Waals surface area (Å²) in [7, 11) is -4.32. The van der Waals surface area contributed by atoms with Gasteiger partial charge < -0.3 is 0 Å². The minimum atomic E-state index is -4.32. The molecule has 0 atom stereocenters. The summed E-state index contributed by atoms with van der Waals surface area (Å²) in [5.74, 6) is 0. The van der Waals surface area contributed by atoms with Crippen molar-refractivity contribution in [1.29, 1.82) is 5.26 Å². The van der Waals surface area contributed by atoms with Gasteiger partial charge in [-0.25, -0.2) is 0 Å². The largest absolute Gasteiger partial charge is 0.295 e. The molecule has 0 saturated carbocycles. The predicted molar refractivity (Wildman–Crippen MR) is 65.2 cm³/mol. The Bertz CT molecular complexity index is 717. The van der Waals surface area contributed by atoms with Crippen LogP contribution in [0.4, 0.5) is 0 Å². The molecule has 0 heterocycles. The molecule has 17 heavy (non-hydrogen) atoms. The van der Waals surface area contributed by atoms with Crippen LogP contribution < -0.4 is 0 Å². The average molecular weight is 265 g/mol. The van der Waals surface area contributed by atoms with Gasteiger partial charge >= 0.3 is 0 Å². The van der Waals surface area contributed by atoms with Crippen LogP contribution in [0.2, 0.25) is 0 Å². The Kier molecular flexibility index (Phi) is 3.07. The monoisotopic (exact) mass is 265 g/mol. The van der Waals surface area contributed by atoms with Crippen molar-refractivity contribution >= 4 is 32.7 Å². The number of fused-ring (bicyclic) bond motifs is 1. The number of benzene rings is 2. The first-order valence-electron chi connectivity index (χ1n) is 4.59. The molecule has 86 valence electrons. The van der Waals surface area contributed by atoms with Crippen molar-refractivity contribution < 1.29 is 13.0 Å². The third-order valence-electron chi connectivity index (χ3n) is 2.27. The molecule has 6 heteroatoms. The first kappa shape index (κ1) is 11.9. The topological polar surface area (TPSA) is 78.2 Å². The van der Waals surface area contributed by atoms with Crippen LogP contribution in [0.1, 0.15) is 0 Å². The lowest BCUT2D eigenvalue weighted by Gasteiger charge is -2.07. The van der Waals surface area contributed by atoms with Gasteiger partial charge in [0, 0.05) is 0 Å². The Hall–Kier alpha value is -1.55. The van der Waals surface area contributed by atoms with E-state index in [4.69, 9.17) is 9.81 Å². The zero-order valence-corrected chi connectivity index (χ0v) is 10.1. The van der Waals surface area contributed by atoms with Crippen molar-refractivity contribution in [2.75, 3.05) is 0 Å². The van der Waals surface area contributed by atoms with Crippen LogP contribution in [-0.4, -0.2) is 13.0 Å². The van der Waals surface area contributed by atoms with Crippen molar-refractivity contribution in [2.45, 2.75) is 9.79 Å².